The number of hydrogen-bond acceptors (Lipinski definition) is 4. The van der Waals surface area contributed by atoms with E-state index in [1.165, 1.54) is 35.0 Å². The molecule has 1 aromatic heterocycles. The molecular formula is C17H15ClFN3O2. The van der Waals surface area contributed by atoms with Crippen molar-refractivity contribution < 1.29 is 13.9 Å². The average Bonchev–Trinajstić information content (AvgIpc) is 2.80. The SMILES string of the molecule is Cc1nn(-c2ccc(F)cc2)c(Cl)c1C=C(C#N)C(=O)OC(C)C. The molecule has 0 aliphatic carbocycles. The summed E-state index contributed by atoms with van der Waals surface area (Å²) in [7, 11) is 0. The highest BCUT2D eigenvalue weighted by Gasteiger charge is 2.18. The first-order valence-electron chi connectivity index (χ1n) is 7.17. The maximum absolute atomic E-state index is 13.0. The standard InChI is InChI=1S/C17H15ClFN3O2/c1-10(2)24-17(23)12(9-20)8-15-11(3)21-22(16(15)18)14-6-4-13(19)5-7-14/h4-8,10H,1-3H3. The van der Waals surface area contributed by atoms with Crippen LogP contribution in [0, 0.1) is 24.1 Å². The number of rotatable bonds is 4. The van der Waals surface area contributed by atoms with Gasteiger partial charge in [-0.1, -0.05) is 11.6 Å². The van der Waals surface area contributed by atoms with Crippen LogP contribution in [-0.4, -0.2) is 21.9 Å². The third-order valence-electron chi connectivity index (χ3n) is 3.09. The molecule has 5 nitrogen and oxygen atoms in total. The Morgan fingerprint density at radius 1 is 1.42 bits per heavy atom. The lowest BCUT2D eigenvalue weighted by molar-refractivity contribution is -0.142. The second kappa shape index (κ2) is 7.28. The van der Waals surface area contributed by atoms with Gasteiger partial charge in [0.1, 0.15) is 22.6 Å². The molecule has 1 heterocycles. The third kappa shape index (κ3) is 3.81. The van der Waals surface area contributed by atoms with Gasteiger partial charge >= 0.3 is 5.97 Å². The molecule has 0 atom stereocenters. The molecule has 0 fully saturated rings. The van der Waals surface area contributed by atoms with Crippen LogP contribution in [0.3, 0.4) is 0 Å². The molecule has 0 unspecified atom stereocenters. The van der Waals surface area contributed by atoms with Crippen LogP contribution >= 0.6 is 11.6 Å². The van der Waals surface area contributed by atoms with Crippen LogP contribution in [0.25, 0.3) is 11.8 Å². The lowest BCUT2D eigenvalue weighted by Gasteiger charge is -2.06. The zero-order valence-corrected chi connectivity index (χ0v) is 14.1. The fourth-order valence-electron chi connectivity index (χ4n) is 1.99. The van der Waals surface area contributed by atoms with Gasteiger partial charge in [-0.3, -0.25) is 0 Å². The van der Waals surface area contributed by atoms with Gasteiger partial charge in [-0.2, -0.15) is 10.4 Å². The van der Waals surface area contributed by atoms with Gasteiger partial charge in [0.05, 0.1) is 17.5 Å². The number of carbonyl (C=O) groups is 1. The summed E-state index contributed by atoms with van der Waals surface area (Å²) < 4.78 is 19.5. The number of halogens is 2. The summed E-state index contributed by atoms with van der Waals surface area (Å²) >= 11 is 6.32. The number of carbonyl (C=O) groups excluding carboxylic acids is 1. The zero-order valence-electron chi connectivity index (χ0n) is 13.4. The minimum atomic E-state index is -0.725. The summed E-state index contributed by atoms with van der Waals surface area (Å²) in [5, 5.41) is 13.7. The summed E-state index contributed by atoms with van der Waals surface area (Å²) in [6.07, 6.45) is 1.00. The summed E-state index contributed by atoms with van der Waals surface area (Å²) in [6.45, 7) is 5.08. The van der Waals surface area contributed by atoms with Crippen LogP contribution in [-0.2, 0) is 9.53 Å². The van der Waals surface area contributed by atoms with E-state index in [-0.39, 0.29) is 22.6 Å². The number of nitrogens with zero attached hydrogens (tertiary/aromatic N) is 3. The van der Waals surface area contributed by atoms with E-state index < -0.39 is 5.97 Å². The Bertz CT molecular complexity index is 833. The van der Waals surface area contributed by atoms with E-state index in [9.17, 15) is 14.4 Å². The van der Waals surface area contributed by atoms with Crippen molar-refractivity contribution in [2.45, 2.75) is 26.9 Å². The van der Waals surface area contributed by atoms with Gasteiger partial charge in [-0.05, 0) is 51.1 Å². The van der Waals surface area contributed by atoms with Crippen molar-refractivity contribution in [3.63, 3.8) is 0 Å². The molecule has 0 radical (unpaired) electrons. The quantitative estimate of drug-likeness (QED) is 0.479. The molecule has 2 aromatic rings. The smallest absolute Gasteiger partial charge is 0.349 e. The fraction of sp³-hybridized carbons (Fsp3) is 0.235. The summed E-state index contributed by atoms with van der Waals surface area (Å²) in [5.74, 6) is -1.10. The molecule has 1 aromatic carbocycles. The minimum absolute atomic E-state index is 0.174. The van der Waals surface area contributed by atoms with Crippen molar-refractivity contribution in [2.75, 3.05) is 0 Å². The number of esters is 1. The van der Waals surface area contributed by atoms with E-state index in [1.54, 1.807) is 20.8 Å². The Labute approximate surface area is 143 Å². The molecule has 0 saturated heterocycles. The number of hydrogen-bond donors (Lipinski definition) is 0. The normalized spacial score (nSPS) is 11.5. The summed E-state index contributed by atoms with van der Waals surface area (Å²) in [6, 6.07) is 7.44. The second-order valence-corrected chi connectivity index (χ2v) is 5.66. The monoisotopic (exact) mass is 347 g/mol. The molecule has 0 aliphatic rings. The highest BCUT2D eigenvalue weighted by molar-refractivity contribution is 6.31. The number of nitriles is 1. The molecule has 7 heteroatoms. The second-order valence-electron chi connectivity index (χ2n) is 5.30. The van der Waals surface area contributed by atoms with Gasteiger partial charge in [0.25, 0.3) is 0 Å². The Hall–Kier alpha value is -2.65. The summed E-state index contributed by atoms with van der Waals surface area (Å²) in [4.78, 5) is 11.9. The van der Waals surface area contributed by atoms with Crippen LogP contribution in [0.4, 0.5) is 4.39 Å². The average molecular weight is 348 g/mol. The Kier molecular flexibility index (Phi) is 5.37. The van der Waals surface area contributed by atoms with Gasteiger partial charge in [0.15, 0.2) is 0 Å². The van der Waals surface area contributed by atoms with Crippen LogP contribution in [0.15, 0.2) is 29.8 Å². The van der Waals surface area contributed by atoms with Crippen molar-refractivity contribution in [3.8, 4) is 11.8 Å². The largest absolute Gasteiger partial charge is 0.459 e. The lowest BCUT2D eigenvalue weighted by Crippen LogP contribution is -2.12. The first kappa shape index (κ1) is 17.7. The molecule has 0 aliphatic heterocycles. The maximum atomic E-state index is 13.0. The van der Waals surface area contributed by atoms with E-state index in [0.717, 1.165) is 0 Å². The van der Waals surface area contributed by atoms with Gasteiger partial charge in [-0.25, -0.2) is 13.9 Å². The molecule has 0 bridgehead atoms. The maximum Gasteiger partial charge on any atom is 0.349 e. The molecule has 2 rings (SSSR count). The Balaban J connectivity index is 2.45. The third-order valence-corrected chi connectivity index (χ3v) is 3.45. The number of ether oxygens (including phenoxy) is 1. The lowest BCUT2D eigenvalue weighted by atomic mass is 10.1. The van der Waals surface area contributed by atoms with Crippen LogP contribution in [0.2, 0.25) is 5.15 Å². The van der Waals surface area contributed by atoms with Crippen molar-refractivity contribution >= 4 is 23.6 Å². The van der Waals surface area contributed by atoms with E-state index in [4.69, 9.17) is 16.3 Å². The van der Waals surface area contributed by atoms with Crippen molar-refractivity contribution in [2.24, 2.45) is 0 Å². The molecule has 0 N–H and O–H groups in total. The minimum Gasteiger partial charge on any atom is -0.459 e. The first-order chi connectivity index (χ1) is 11.3. The highest BCUT2D eigenvalue weighted by Crippen LogP contribution is 2.26. The fourth-order valence-corrected chi connectivity index (χ4v) is 2.31. The Morgan fingerprint density at radius 3 is 2.58 bits per heavy atom. The molecule has 0 saturated carbocycles. The highest BCUT2D eigenvalue weighted by atomic mass is 35.5. The number of benzene rings is 1. The Morgan fingerprint density at radius 2 is 2.04 bits per heavy atom. The van der Waals surface area contributed by atoms with E-state index >= 15 is 0 Å². The van der Waals surface area contributed by atoms with Gasteiger partial charge in [0, 0.05) is 5.56 Å². The van der Waals surface area contributed by atoms with E-state index in [2.05, 4.69) is 5.10 Å². The first-order valence-corrected chi connectivity index (χ1v) is 7.55. The molecular weight excluding hydrogens is 333 g/mol. The van der Waals surface area contributed by atoms with Gasteiger partial charge < -0.3 is 4.74 Å². The predicted molar refractivity (Wildman–Crippen MR) is 88.1 cm³/mol. The van der Waals surface area contributed by atoms with Crippen molar-refractivity contribution in [3.05, 3.63) is 52.1 Å². The molecule has 0 spiro atoms. The topological polar surface area (TPSA) is 67.9 Å². The summed E-state index contributed by atoms with van der Waals surface area (Å²) in [5.41, 5.74) is 1.34. The number of aryl methyl sites for hydroxylation is 1. The molecule has 24 heavy (non-hydrogen) atoms. The van der Waals surface area contributed by atoms with E-state index in [1.807, 2.05) is 6.07 Å². The molecule has 124 valence electrons. The van der Waals surface area contributed by atoms with Crippen molar-refractivity contribution in [1.29, 1.82) is 5.26 Å². The van der Waals surface area contributed by atoms with Crippen LogP contribution in [0.5, 0.6) is 0 Å². The van der Waals surface area contributed by atoms with Gasteiger partial charge in [0.2, 0.25) is 0 Å². The van der Waals surface area contributed by atoms with Crippen molar-refractivity contribution in [1.82, 2.24) is 9.78 Å². The molecule has 0 amide bonds. The van der Waals surface area contributed by atoms with Crippen LogP contribution < -0.4 is 0 Å². The predicted octanol–water partition coefficient (Wildman–Crippen LogP) is 3.83. The van der Waals surface area contributed by atoms with E-state index in [0.29, 0.717) is 16.9 Å². The van der Waals surface area contributed by atoms with Gasteiger partial charge in [-0.15, -0.1) is 0 Å². The zero-order chi connectivity index (χ0) is 17.9. The number of aromatic nitrogens is 2. The van der Waals surface area contributed by atoms with Crippen LogP contribution in [0.1, 0.15) is 25.1 Å².